The van der Waals surface area contributed by atoms with Gasteiger partial charge in [-0.05, 0) is 25.0 Å². The smallest absolute Gasteiger partial charge is 0.271 e. The van der Waals surface area contributed by atoms with Gasteiger partial charge in [0, 0.05) is 31.1 Å². The molecule has 2 aromatic heterocycles. The number of hydrogen-bond donors (Lipinski definition) is 1. The van der Waals surface area contributed by atoms with Gasteiger partial charge in [-0.15, -0.1) is 11.3 Å². The van der Waals surface area contributed by atoms with Gasteiger partial charge in [0.1, 0.15) is 5.69 Å². The van der Waals surface area contributed by atoms with Gasteiger partial charge in [-0.2, -0.15) is 0 Å². The second-order valence-electron chi connectivity index (χ2n) is 6.13. The van der Waals surface area contributed by atoms with Crippen molar-refractivity contribution >= 4 is 17.2 Å². The molecule has 1 fully saturated rings. The Kier molecular flexibility index (Phi) is 5.65. The fraction of sp³-hybridized carbons (Fsp3) is 0.529. The Bertz CT molecular complexity index is 663. The number of nitrogens with zero attached hydrogens (tertiary/aromatic N) is 2. The molecular weight excluding hydrogens is 326 g/mol. The number of nitrogens with one attached hydrogen (secondary N) is 1. The second kappa shape index (κ2) is 7.92. The van der Waals surface area contributed by atoms with Gasteiger partial charge in [0.2, 0.25) is 0 Å². The third-order valence-corrected chi connectivity index (χ3v) is 5.01. The molecular formula is C17H23N3O3S. The molecule has 0 radical (unpaired) electrons. The molecule has 24 heavy (non-hydrogen) atoms. The molecule has 1 aliphatic heterocycles. The maximum absolute atomic E-state index is 12.4. The summed E-state index contributed by atoms with van der Waals surface area (Å²) in [4.78, 5) is 20.1. The molecule has 130 valence electrons. The highest BCUT2D eigenvalue weighted by Crippen LogP contribution is 2.27. The fourth-order valence-corrected chi connectivity index (χ4v) is 3.63. The molecule has 6 nitrogen and oxygen atoms in total. The Labute approximate surface area is 145 Å². The molecule has 7 heteroatoms. The maximum Gasteiger partial charge on any atom is 0.271 e. The predicted molar refractivity (Wildman–Crippen MR) is 93.3 cm³/mol. The van der Waals surface area contributed by atoms with Crippen molar-refractivity contribution in [1.82, 2.24) is 15.2 Å². The van der Waals surface area contributed by atoms with E-state index >= 15 is 0 Å². The number of aromatic nitrogens is 1. The van der Waals surface area contributed by atoms with Crippen molar-refractivity contribution in [2.45, 2.75) is 13.8 Å². The number of rotatable bonds is 6. The van der Waals surface area contributed by atoms with Gasteiger partial charge in [-0.25, -0.2) is 4.98 Å². The molecule has 0 saturated carbocycles. The Balaban J connectivity index is 1.53. The SMILES string of the molecule is Cc1sc(-c2ccco2)nc1C(=O)NC[C@H](C)CN1CCOCC1. The van der Waals surface area contributed by atoms with E-state index in [9.17, 15) is 4.79 Å². The molecule has 1 saturated heterocycles. The van der Waals surface area contributed by atoms with Crippen LogP contribution >= 0.6 is 11.3 Å². The van der Waals surface area contributed by atoms with E-state index in [1.807, 2.05) is 19.1 Å². The van der Waals surface area contributed by atoms with Crippen molar-refractivity contribution in [3.05, 3.63) is 29.0 Å². The van der Waals surface area contributed by atoms with Gasteiger partial charge in [-0.1, -0.05) is 6.92 Å². The van der Waals surface area contributed by atoms with Crippen LogP contribution in [0.1, 0.15) is 22.3 Å². The van der Waals surface area contributed by atoms with E-state index in [-0.39, 0.29) is 5.91 Å². The zero-order chi connectivity index (χ0) is 16.9. The van der Waals surface area contributed by atoms with Crippen molar-refractivity contribution in [2.24, 2.45) is 5.92 Å². The Morgan fingerprint density at radius 3 is 2.96 bits per heavy atom. The molecule has 0 spiro atoms. The number of ether oxygens (including phenoxy) is 1. The number of furan rings is 1. The lowest BCUT2D eigenvalue weighted by Crippen LogP contribution is -2.41. The molecule has 3 heterocycles. The van der Waals surface area contributed by atoms with Gasteiger partial charge in [0.05, 0.1) is 19.5 Å². The summed E-state index contributed by atoms with van der Waals surface area (Å²) in [5.41, 5.74) is 0.491. The van der Waals surface area contributed by atoms with Crippen LogP contribution in [0.25, 0.3) is 10.8 Å². The minimum atomic E-state index is -0.115. The summed E-state index contributed by atoms with van der Waals surface area (Å²) in [5, 5.41) is 3.74. The molecule has 0 aromatic carbocycles. The maximum atomic E-state index is 12.4. The number of morpholine rings is 1. The third-order valence-electron chi connectivity index (χ3n) is 4.03. The average Bonchev–Trinajstić information content (AvgIpc) is 3.23. The van der Waals surface area contributed by atoms with Crippen molar-refractivity contribution in [1.29, 1.82) is 0 Å². The summed E-state index contributed by atoms with van der Waals surface area (Å²) in [6, 6.07) is 3.67. The van der Waals surface area contributed by atoms with Crippen LogP contribution in [0, 0.1) is 12.8 Å². The van der Waals surface area contributed by atoms with Crippen molar-refractivity contribution in [3.8, 4) is 10.8 Å². The topological polar surface area (TPSA) is 67.6 Å². The van der Waals surface area contributed by atoms with Crippen LogP contribution in [0.3, 0.4) is 0 Å². The first kappa shape index (κ1) is 17.1. The molecule has 0 bridgehead atoms. The monoisotopic (exact) mass is 349 g/mol. The molecule has 1 N–H and O–H groups in total. The van der Waals surface area contributed by atoms with Crippen LogP contribution in [-0.2, 0) is 4.74 Å². The van der Waals surface area contributed by atoms with Crippen LogP contribution in [0.5, 0.6) is 0 Å². The quantitative estimate of drug-likeness (QED) is 0.867. The van der Waals surface area contributed by atoms with Gasteiger partial charge in [-0.3, -0.25) is 9.69 Å². The summed E-state index contributed by atoms with van der Waals surface area (Å²) < 4.78 is 10.7. The molecule has 3 rings (SSSR count). The average molecular weight is 349 g/mol. The van der Waals surface area contributed by atoms with Gasteiger partial charge < -0.3 is 14.5 Å². The largest absolute Gasteiger partial charge is 0.462 e. The van der Waals surface area contributed by atoms with Crippen molar-refractivity contribution in [3.63, 3.8) is 0 Å². The summed E-state index contributed by atoms with van der Waals surface area (Å²) in [5.74, 6) is 0.966. The number of carbonyl (C=O) groups excluding carboxylic acids is 1. The number of thiazole rings is 1. The van der Waals surface area contributed by atoms with E-state index in [0.29, 0.717) is 23.9 Å². The fourth-order valence-electron chi connectivity index (χ4n) is 2.75. The minimum Gasteiger partial charge on any atom is -0.462 e. The number of carbonyl (C=O) groups is 1. The lowest BCUT2D eigenvalue weighted by molar-refractivity contribution is 0.0317. The van der Waals surface area contributed by atoms with E-state index in [4.69, 9.17) is 9.15 Å². The van der Waals surface area contributed by atoms with Crippen molar-refractivity contribution in [2.75, 3.05) is 39.4 Å². The highest BCUT2D eigenvalue weighted by Gasteiger charge is 2.19. The molecule has 1 amide bonds. The number of hydrogen-bond acceptors (Lipinski definition) is 6. The zero-order valence-corrected chi connectivity index (χ0v) is 14.9. The molecule has 1 atom stereocenters. The predicted octanol–water partition coefficient (Wildman–Crippen LogP) is 2.41. The molecule has 0 aliphatic carbocycles. The molecule has 2 aromatic rings. The summed E-state index contributed by atoms with van der Waals surface area (Å²) >= 11 is 1.48. The summed E-state index contributed by atoms with van der Waals surface area (Å²) in [6.07, 6.45) is 1.61. The van der Waals surface area contributed by atoms with Crippen LogP contribution < -0.4 is 5.32 Å². The van der Waals surface area contributed by atoms with Crippen LogP contribution in [-0.4, -0.2) is 55.2 Å². The molecule has 1 aliphatic rings. The van der Waals surface area contributed by atoms with E-state index in [1.165, 1.54) is 11.3 Å². The second-order valence-corrected chi connectivity index (χ2v) is 7.33. The van der Waals surface area contributed by atoms with Gasteiger partial charge >= 0.3 is 0 Å². The van der Waals surface area contributed by atoms with Crippen LogP contribution in [0.4, 0.5) is 0 Å². The van der Waals surface area contributed by atoms with E-state index in [2.05, 4.69) is 22.1 Å². The Morgan fingerprint density at radius 1 is 1.46 bits per heavy atom. The number of aryl methyl sites for hydroxylation is 1. The third kappa shape index (κ3) is 4.23. The first-order chi connectivity index (χ1) is 11.6. The van der Waals surface area contributed by atoms with E-state index in [1.54, 1.807) is 6.26 Å². The van der Waals surface area contributed by atoms with E-state index < -0.39 is 0 Å². The number of amides is 1. The summed E-state index contributed by atoms with van der Waals surface area (Å²) in [6.45, 7) is 9.21. The zero-order valence-electron chi connectivity index (χ0n) is 14.1. The first-order valence-corrected chi connectivity index (χ1v) is 9.04. The highest BCUT2D eigenvalue weighted by molar-refractivity contribution is 7.15. The lowest BCUT2D eigenvalue weighted by Gasteiger charge is -2.29. The van der Waals surface area contributed by atoms with Gasteiger partial charge in [0.25, 0.3) is 5.91 Å². The van der Waals surface area contributed by atoms with E-state index in [0.717, 1.165) is 42.7 Å². The van der Waals surface area contributed by atoms with Crippen molar-refractivity contribution < 1.29 is 13.9 Å². The van der Waals surface area contributed by atoms with Crippen LogP contribution in [0.15, 0.2) is 22.8 Å². The Morgan fingerprint density at radius 2 is 2.25 bits per heavy atom. The molecule has 0 unspecified atom stereocenters. The Hall–Kier alpha value is -1.70. The lowest BCUT2D eigenvalue weighted by atomic mass is 10.1. The standard InChI is InChI=1S/C17H23N3O3S/c1-12(11-20-5-8-22-9-6-20)10-18-16(21)15-13(2)24-17(19-15)14-4-3-7-23-14/h3-4,7,12H,5-6,8-11H2,1-2H3,(H,18,21)/t12-/m0/s1. The summed E-state index contributed by atoms with van der Waals surface area (Å²) in [7, 11) is 0. The van der Waals surface area contributed by atoms with Crippen LogP contribution in [0.2, 0.25) is 0 Å². The highest BCUT2D eigenvalue weighted by atomic mass is 32.1. The minimum absolute atomic E-state index is 0.115. The first-order valence-electron chi connectivity index (χ1n) is 8.23. The normalized spacial score (nSPS) is 16.9. The van der Waals surface area contributed by atoms with Gasteiger partial charge in [0.15, 0.2) is 10.8 Å².